The van der Waals surface area contributed by atoms with Gasteiger partial charge < -0.3 is 24.9 Å². The molecule has 0 aliphatic carbocycles. The van der Waals surface area contributed by atoms with Crippen molar-refractivity contribution in [3.05, 3.63) is 54.6 Å². The number of piperazine rings is 1. The quantitative estimate of drug-likeness (QED) is 0.366. The second-order valence-electron chi connectivity index (χ2n) is 8.68. The van der Waals surface area contributed by atoms with Crippen LogP contribution < -0.4 is 16.0 Å². The molecule has 4 aromatic heterocycles. The van der Waals surface area contributed by atoms with Crippen LogP contribution in [-0.4, -0.2) is 79.7 Å². The Hall–Kier alpha value is -4.45. The summed E-state index contributed by atoms with van der Waals surface area (Å²) in [5.41, 5.74) is 9.90. The fourth-order valence-corrected chi connectivity index (χ4v) is 4.55. The van der Waals surface area contributed by atoms with Gasteiger partial charge in [0, 0.05) is 57.6 Å². The molecule has 1 saturated heterocycles. The molecule has 184 valence electrons. The van der Waals surface area contributed by atoms with Crippen molar-refractivity contribution in [3.63, 3.8) is 0 Å². The highest BCUT2D eigenvalue weighted by atomic mass is 16.3. The van der Waals surface area contributed by atoms with Gasteiger partial charge in [0.2, 0.25) is 11.8 Å². The highest BCUT2D eigenvalue weighted by Gasteiger charge is 2.20. The first-order valence-corrected chi connectivity index (χ1v) is 11.8. The van der Waals surface area contributed by atoms with E-state index >= 15 is 0 Å². The summed E-state index contributed by atoms with van der Waals surface area (Å²) in [7, 11) is 1.64. The Morgan fingerprint density at radius 1 is 1.06 bits per heavy atom. The standard InChI is InChI=1S/C24H26N10O2/c1-26-23(35)16-4-6-17(7-5-16)32-11-8-31(9-12-32)10-13-33-15-27-19-21(33)29-24(25)34-22(19)28-20(30-34)18-3-2-14-36-18/h2-7,14-15H,8-13H2,1H3,(H2,25,29)(H,26,35). The van der Waals surface area contributed by atoms with Crippen molar-refractivity contribution in [2.45, 2.75) is 6.54 Å². The van der Waals surface area contributed by atoms with Gasteiger partial charge in [-0.3, -0.25) is 9.69 Å². The molecule has 0 unspecified atom stereocenters. The summed E-state index contributed by atoms with van der Waals surface area (Å²) in [5, 5.41) is 7.08. The fourth-order valence-electron chi connectivity index (χ4n) is 4.55. The Balaban J connectivity index is 1.12. The number of hydrogen-bond donors (Lipinski definition) is 2. The molecule has 1 aromatic carbocycles. The zero-order valence-corrected chi connectivity index (χ0v) is 19.8. The van der Waals surface area contributed by atoms with E-state index in [1.807, 2.05) is 28.8 Å². The molecular weight excluding hydrogens is 460 g/mol. The number of carbonyl (C=O) groups is 1. The molecular formula is C24H26N10O2. The minimum Gasteiger partial charge on any atom is -0.461 e. The number of benzene rings is 1. The number of anilines is 2. The van der Waals surface area contributed by atoms with E-state index in [1.54, 1.807) is 31.8 Å². The molecule has 5 heterocycles. The van der Waals surface area contributed by atoms with Gasteiger partial charge in [0.15, 0.2) is 22.6 Å². The van der Waals surface area contributed by atoms with Crippen LogP contribution >= 0.6 is 0 Å². The first-order valence-electron chi connectivity index (χ1n) is 11.8. The van der Waals surface area contributed by atoms with Gasteiger partial charge in [0.05, 0.1) is 12.6 Å². The number of nitrogens with one attached hydrogen (secondary N) is 1. The Morgan fingerprint density at radius 3 is 2.58 bits per heavy atom. The number of rotatable bonds is 6. The second kappa shape index (κ2) is 8.96. The molecule has 6 rings (SSSR count). The van der Waals surface area contributed by atoms with E-state index < -0.39 is 0 Å². The van der Waals surface area contributed by atoms with Crippen LogP contribution in [0.4, 0.5) is 11.6 Å². The van der Waals surface area contributed by atoms with E-state index in [1.165, 1.54) is 4.52 Å². The van der Waals surface area contributed by atoms with Gasteiger partial charge in [0.1, 0.15) is 0 Å². The maximum atomic E-state index is 11.8. The Labute approximate surface area is 206 Å². The van der Waals surface area contributed by atoms with Gasteiger partial charge in [-0.2, -0.15) is 9.50 Å². The van der Waals surface area contributed by atoms with E-state index in [4.69, 9.17) is 10.2 Å². The normalized spacial score (nSPS) is 14.6. The average molecular weight is 487 g/mol. The summed E-state index contributed by atoms with van der Waals surface area (Å²) >= 11 is 0. The Kier molecular flexibility index (Phi) is 5.49. The van der Waals surface area contributed by atoms with E-state index in [9.17, 15) is 4.79 Å². The number of carbonyl (C=O) groups excluding carboxylic acids is 1. The van der Waals surface area contributed by atoms with Crippen LogP contribution in [0, 0.1) is 0 Å². The lowest BCUT2D eigenvalue weighted by Gasteiger charge is -2.36. The summed E-state index contributed by atoms with van der Waals surface area (Å²) in [4.78, 5) is 30.2. The van der Waals surface area contributed by atoms with Gasteiger partial charge in [-0.1, -0.05) is 0 Å². The number of fused-ring (bicyclic) bond motifs is 3. The number of nitrogens with two attached hydrogens (primary N) is 1. The summed E-state index contributed by atoms with van der Waals surface area (Å²) in [6.07, 6.45) is 3.36. The first kappa shape index (κ1) is 22.0. The van der Waals surface area contributed by atoms with Crippen molar-refractivity contribution < 1.29 is 9.21 Å². The molecule has 36 heavy (non-hydrogen) atoms. The van der Waals surface area contributed by atoms with Crippen LogP contribution in [0.25, 0.3) is 28.4 Å². The van der Waals surface area contributed by atoms with Crippen molar-refractivity contribution >= 4 is 34.4 Å². The van der Waals surface area contributed by atoms with Gasteiger partial charge in [-0.15, -0.1) is 5.10 Å². The molecule has 3 N–H and O–H groups in total. The van der Waals surface area contributed by atoms with Gasteiger partial charge >= 0.3 is 0 Å². The number of nitrogens with zero attached hydrogens (tertiary/aromatic N) is 8. The molecule has 1 amide bonds. The van der Waals surface area contributed by atoms with Crippen LogP contribution in [0.2, 0.25) is 0 Å². The molecule has 12 nitrogen and oxygen atoms in total. The molecule has 0 radical (unpaired) electrons. The lowest BCUT2D eigenvalue weighted by atomic mass is 10.1. The number of aromatic nitrogens is 6. The Morgan fingerprint density at radius 2 is 1.86 bits per heavy atom. The summed E-state index contributed by atoms with van der Waals surface area (Å²) in [6.45, 7) is 5.34. The van der Waals surface area contributed by atoms with E-state index in [2.05, 4.69) is 35.2 Å². The minimum absolute atomic E-state index is 0.0719. The van der Waals surface area contributed by atoms with Gasteiger partial charge in [-0.25, -0.2) is 9.97 Å². The molecule has 1 fully saturated rings. The first-order chi connectivity index (χ1) is 17.6. The van der Waals surface area contributed by atoms with Gasteiger partial charge in [-0.05, 0) is 36.4 Å². The zero-order chi connectivity index (χ0) is 24.6. The monoisotopic (exact) mass is 486 g/mol. The number of amides is 1. The summed E-state index contributed by atoms with van der Waals surface area (Å²) < 4.78 is 8.93. The van der Waals surface area contributed by atoms with Crippen LogP contribution in [-0.2, 0) is 6.54 Å². The van der Waals surface area contributed by atoms with Crippen LogP contribution in [0.15, 0.2) is 53.4 Å². The molecule has 0 atom stereocenters. The van der Waals surface area contributed by atoms with Crippen molar-refractivity contribution in [2.24, 2.45) is 0 Å². The van der Waals surface area contributed by atoms with Crippen LogP contribution in [0.3, 0.4) is 0 Å². The maximum absolute atomic E-state index is 11.8. The Bertz CT molecular complexity index is 1510. The predicted molar refractivity (Wildman–Crippen MR) is 135 cm³/mol. The third-order valence-corrected chi connectivity index (χ3v) is 6.56. The lowest BCUT2D eigenvalue weighted by molar-refractivity contribution is 0.0963. The fraction of sp³-hybridized carbons (Fsp3) is 0.292. The number of nitrogen functional groups attached to an aromatic ring is 1. The highest BCUT2D eigenvalue weighted by Crippen LogP contribution is 2.23. The van der Waals surface area contributed by atoms with Crippen molar-refractivity contribution in [2.75, 3.05) is 50.4 Å². The van der Waals surface area contributed by atoms with Crippen molar-refractivity contribution in [1.82, 2.24) is 39.3 Å². The predicted octanol–water partition coefficient (Wildman–Crippen LogP) is 1.50. The maximum Gasteiger partial charge on any atom is 0.251 e. The van der Waals surface area contributed by atoms with Gasteiger partial charge in [0.25, 0.3) is 5.91 Å². The van der Waals surface area contributed by atoms with E-state index in [0.29, 0.717) is 34.0 Å². The third kappa shape index (κ3) is 3.90. The average Bonchev–Trinajstić information content (AvgIpc) is 3.67. The molecule has 1 aliphatic rings. The molecule has 5 aromatic rings. The number of furan rings is 1. The minimum atomic E-state index is -0.0719. The summed E-state index contributed by atoms with van der Waals surface area (Å²) in [5.74, 6) is 1.18. The van der Waals surface area contributed by atoms with Crippen molar-refractivity contribution in [1.29, 1.82) is 0 Å². The second-order valence-corrected chi connectivity index (χ2v) is 8.68. The van der Waals surface area contributed by atoms with E-state index in [-0.39, 0.29) is 11.9 Å². The molecule has 12 heteroatoms. The van der Waals surface area contributed by atoms with Crippen molar-refractivity contribution in [3.8, 4) is 11.6 Å². The van der Waals surface area contributed by atoms with Crippen LogP contribution in [0.5, 0.6) is 0 Å². The molecule has 0 spiro atoms. The number of imidazole rings is 1. The van der Waals surface area contributed by atoms with E-state index in [0.717, 1.165) is 45.0 Å². The smallest absolute Gasteiger partial charge is 0.251 e. The largest absolute Gasteiger partial charge is 0.461 e. The highest BCUT2D eigenvalue weighted by molar-refractivity contribution is 5.94. The molecule has 0 bridgehead atoms. The topological polar surface area (TPSA) is 136 Å². The SMILES string of the molecule is CNC(=O)c1ccc(N2CCN(CCn3cnc4c3nc(N)n3nc(-c5ccco5)nc43)CC2)cc1. The molecule has 1 aliphatic heterocycles. The third-order valence-electron chi connectivity index (χ3n) is 6.56. The zero-order valence-electron chi connectivity index (χ0n) is 19.8. The summed E-state index contributed by atoms with van der Waals surface area (Å²) in [6, 6.07) is 11.3. The van der Waals surface area contributed by atoms with Crippen LogP contribution in [0.1, 0.15) is 10.4 Å². The molecule has 0 saturated carbocycles. The lowest BCUT2D eigenvalue weighted by Crippen LogP contribution is -2.47. The number of hydrogen-bond acceptors (Lipinski definition) is 9.